The lowest BCUT2D eigenvalue weighted by Crippen LogP contribution is -2.35. The summed E-state index contributed by atoms with van der Waals surface area (Å²) < 4.78 is 46.9. The molecular formula is C8H16ClF2NO2S. The maximum absolute atomic E-state index is 11.9. The van der Waals surface area contributed by atoms with Crippen molar-refractivity contribution in [3.63, 3.8) is 0 Å². The highest BCUT2D eigenvalue weighted by Gasteiger charge is 2.25. The molecule has 15 heavy (non-hydrogen) atoms. The van der Waals surface area contributed by atoms with Crippen molar-refractivity contribution in [1.29, 1.82) is 0 Å². The summed E-state index contributed by atoms with van der Waals surface area (Å²) in [4.78, 5) is 0. The molecule has 7 heteroatoms. The third-order valence-corrected chi connectivity index (χ3v) is 2.92. The van der Waals surface area contributed by atoms with Gasteiger partial charge in [0.15, 0.2) is 0 Å². The normalized spacial score (nSPS) is 15.7. The SMILES string of the molecule is CC(C)(C)CC(Cl)CNS(=O)(=O)C(F)F. The zero-order valence-corrected chi connectivity index (χ0v) is 10.5. The molecule has 0 aliphatic rings. The summed E-state index contributed by atoms with van der Waals surface area (Å²) >= 11 is 5.80. The molecule has 1 N–H and O–H groups in total. The van der Waals surface area contributed by atoms with Gasteiger partial charge in [-0.25, -0.2) is 13.1 Å². The second-order valence-corrected chi connectivity index (χ2v) is 6.87. The number of rotatable bonds is 5. The van der Waals surface area contributed by atoms with Crippen LogP contribution in [0.2, 0.25) is 0 Å². The molecule has 0 saturated carbocycles. The van der Waals surface area contributed by atoms with E-state index in [-0.39, 0.29) is 12.0 Å². The largest absolute Gasteiger partial charge is 0.350 e. The zero-order chi connectivity index (χ0) is 12.3. The Bertz CT molecular complexity index is 288. The van der Waals surface area contributed by atoms with Crippen molar-refractivity contribution in [2.75, 3.05) is 6.54 Å². The maximum Gasteiger partial charge on any atom is 0.350 e. The first kappa shape index (κ1) is 15.1. The van der Waals surface area contributed by atoms with E-state index in [1.165, 1.54) is 0 Å². The second-order valence-electron chi connectivity index (χ2n) is 4.52. The number of alkyl halides is 3. The third kappa shape index (κ3) is 7.03. The molecule has 0 aliphatic carbocycles. The van der Waals surface area contributed by atoms with Gasteiger partial charge in [-0.2, -0.15) is 8.78 Å². The van der Waals surface area contributed by atoms with E-state index in [4.69, 9.17) is 11.6 Å². The Morgan fingerprint density at radius 2 is 1.80 bits per heavy atom. The van der Waals surface area contributed by atoms with Gasteiger partial charge in [-0.15, -0.1) is 11.6 Å². The van der Waals surface area contributed by atoms with Crippen molar-refractivity contribution in [1.82, 2.24) is 4.72 Å². The Balaban J connectivity index is 4.08. The summed E-state index contributed by atoms with van der Waals surface area (Å²) in [5.41, 5.74) is -0.0668. The van der Waals surface area contributed by atoms with Crippen molar-refractivity contribution in [3.8, 4) is 0 Å². The molecular weight excluding hydrogens is 248 g/mol. The summed E-state index contributed by atoms with van der Waals surface area (Å²) in [5.74, 6) is -3.41. The van der Waals surface area contributed by atoms with Crippen LogP contribution in [0.5, 0.6) is 0 Å². The van der Waals surface area contributed by atoms with Gasteiger partial charge in [0.2, 0.25) is 0 Å². The average Bonchev–Trinajstić information content (AvgIpc) is 1.97. The van der Waals surface area contributed by atoms with Crippen molar-refractivity contribution in [3.05, 3.63) is 0 Å². The lowest BCUT2D eigenvalue weighted by atomic mass is 9.90. The maximum atomic E-state index is 11.9. The smallest absolute Gasteiger partial charge is 0.209 e. The van der Waals surface area contributed by atoms with E-state index in [0.29, 0.717) is 6.42 Å². The third-order valence-electron chi connectivity index (χ3n) is 1.57. The Morgan fingerprint density at radius 1 is 1.33 bits per heavy atom. The van der Waals surface area contributed by atoms with Gasteiger partial charge in [-0.1, -0.05) is 20.8 Å². The van der Waals surface area contributed by atoms with E-state index >= 15 is 0 Å². The number of sulfonamides is 1. The highest BCUT2D eigenvalue weighted by Crippen LogP contribution is 2.23. The van der Waals surface area contributed by atoms with Crippen LogP contribution < -0.4 is 4.72 Å². The molecule has 0 heterocycles. The molecule has 0 radical (unpaired) electrons. The molecule has 0 amide bonds. The first-order chi connectivity index (χ1) is 6.54. The molecule has 0 spiro atoms. The van der Waals surface area contributed by atoms with Crippen molar-refractivity contribution in [2.24, 2.45) is 5.41 Å². The first-order valence-corrected chi connectivity index (χ1v) is 6.43. The van der Waals surface area contributed by atoms with E-state index in [0.717, 1.165) is 0 Å². The summed E-state index contributed by atoms with van der Waals surface area (Å²) in [6, 6.07) is 0. The lowest BCUT2D eigenvalue weighted by Gasteiger charge is -2.21. The minimum atomic E-state index is -4.52. The Labute approximate surface area is 94.2 Å². The van der Waals surface area contributed by atoms with Crippen LogP contribution in [0.3, 0.4) is 0 Å². The van der Waals surface area contributed by atoms with Crippen LogP contribution >= 0.6 is 11.6 Å². The second kappa shape index (κ2) is 5.41. The molecule has 3 nitrogen and oxygen atoms in total. The molecule has 1 atom stereocenters. The Hall–Kier alpha value is 0.0600. The van der Waals surface area contributed by atoms with Crippen LogP contribution in [0, 0.1) is 5.41 Å². The predicted octanol–water partition coefficient (Wildman–Crippen LogP) is 2.17. The molecule has 0 saturated heterocycles. The monoisotopic (exact) mass is 263 g/mol. The molecule has 0 aliphatic heterocycles. The molecule has 1 unspecified atom stereocenters. The fourth-order valence-electron chi connectivity index (χ4n) is 1.01. The van der Waals surface area contributed by atoms with Crippen molar-refractivity contribution < 1.29 is 17.2 Å². The van der Waals surface area contributed by atoms with E-state index in [2.05, 4.69) is 0 Å². The van der Waals surface area contributed by atoms with E-state index < -0.39 is 21.2 Å². The number of nitrogens with one attached hydrogen (secondary N) is 1. The van der Waals surface area contributed by atoms with E-state index in [1.807, 2.05) is 20.8 Å². The highest BCUT2D eigenvalue weighted by molar-refractivity contribution is 7.89. The van der Waals surface area contributed by atoms with Crippen LogP contribution in [0.4, 0.5) is 8.78 Å². The lowest BCUT2D eigenvalue weighted by molar-refractivity contribution is 0.232. The Morgan fingerprint density at radius 3 is 2.13 bits per heavy atom. The van der Waals surface area contributed by atoms with Crippen molar-refractivity contribution in [2.45, 2.75) is 38.3 Å². The number of hydrogen-bond donors (Lipinski definition) is 1. The van der Waals surface area contributed by atoms with Crippen LogP contribution in [0.25, 0.3) is 0 Å². The van der Waals surface area contributed by atoms with E-state index in [1.54, 1.807) is 4.72 Å². The molecule has 0 aromatic carbocycles. The van der Waals surface area contributed by atoms with Gasteiger partial charge in [-0.3, -0.25) is 0 Å². The topological polar surface area (TPSA) is 46.2 Å². The van der Waals surface area contributed by atoms with Gasteiger partial charge in [-0.05, 0) is 11.8 Å². The predicted molar refractivity (Wildman–Crippen MR) is 56.6 cm³/mol. The number of hydrogen-bond acceptors (Lipinski definition) is 2. The molecule has 92 valence electrons. The summed E-state index contributed by atoms with van der Waals surface area (Å²) in [6.07, 6.45) is 0.542. The van der Waals surface area contributed by atoms with Crippen LogP contribution in [-0.4, -0.2) is 26.1 Å². The van der Waals surface area contributed by atoms with Gasteiger partial charge in [0.1, 0.15) is 0 Å². The van der Waals surface area contributed by atoms with Crippen molar-refractivity contribution >= 4 is 21.6 Å². The van der Waals surface area contributed by atoms with Crippen LogP contribution in [-0.2, 0) is 10.0 Å². The molecule has 0 rings (SSSR count). The van der Waals surface area contributed by atoms with Gasteiger partial charge >= 0.3 is 5.76 Å². The number of halogens is 3. The Kier molecular flexibility index (Phi) is 5.43. The fourth-order valence-corrected chi connectivity index (χ4v) is 2.20. The van der Waals surface area contributed by atoms with Gasteiger partial charge in [0.25, 0.3) is 10.0 Å². The highest BCUT2D eigenvalue weighted by atomic mass is 35.5. The minimum Gasteiger partial charge on any atom is -0.209 e. The standard InChI is InChI=1S/C8H16ClF2NO2S/c1-8(2,3)4-6(9)5-12-15(13,14)7(10)11/h6-7,12H,4-5H2,1-3H3. The van der Waals surface area contributed by atoms with Gasteiger partial charge < -0.3 is 0 Å². The van der Waals surface area contributed by atoms with E-state index in [9.17, 15) is 17.2 Å². The van der Waals surface area contributed by atoms with Gasteiger partial charge in [0.05, 0.1) is 0 Å². The zero-order valence-electron chi connectivity index (χ0n) is 8.93. The quantitative estimate of drug-likeness (QED) is 0.773. The summed E-state index contributed by atoms with van der Waals surface area (Å²) in [7, 11) is -4.52. The van der Waals surface area contributed by atoms with Crippen LogP contribution in [0.15, 0.2) is 0 Å². The van der Waals surface area contributed by atoms with Gasteiger partial charge in [0, 0.05) is 11.9 Å². The average molecular weight is 264 g/mol. The molecule has 0 fully saturated rings. The molecule has 0 aromatic heterocycles. The molecule has 0 bridgehead atoms. The van der Waals surface area contributed by atoms with Crippen LogP contribution in [0.1, 0.15) is 27.2 Å². The summed E-state index contributed by atoms with van der Waals surface area (Å²) in [6.45, 7) is 5.63. The molecule has 0 aromatic rings. The summed E-state index contributed by atoms with van der Waals surface area (Å²) in [5, 5.41) is -0.487. The fraction of sp³-hybridized carbons (Fsp3) is 1.00. The minimum absolute atomic E-state index is 0.0668. The first-order valence-electron chi connectivity index (χ1n) is 4.45.